The molecule has 3 rings (SSSR count). The molecule has 2 aromatic carbocycles. The van der Waals surface area contributed by atoms with E-state index in [2.05, 4.69) is 10.4 Å². The van der Waals surface area contributed by atoms with Crippen LogP contribution in [0.15, 0.2) is 60.7 Å². The van der Waals surface area contributed by atoms with Gasteiger partial charge in [-0.05, 0) is 43.7 Å². The Morgan fingerprint density at radius 2 is 1.78 bits per heavy atom. The van der Waals surface area contributed by atoms with Crippen molar-refractivity contribution in [1.82, 2.24) is 14.7 Å². The van der Waals surface area contributed by atoms with Gasteiger partial charge in [0.2, 0.25) is 0 Å². The Labute approximate surface area is 158 Å². The van der Waals surface area contributed by atoms with Gasteiger partial charge < -0.3 is 10.2 Å². The monoisotopic (exact) mass is 362 g/mol. The Morgan fingerprint density at radius 1 is 1.04 bits per heavy atom. The molecule has 0 unspecified atom stereocenters. The molecule has 27 heavy (non-hydrogen) atoms. The van der Waals surface area contributed by atoms with E-state index in [9.17, 15) is 9.59 Å². The molecule has 0 radical (unpaired) electrons. The van der Waals surface area contributed by atoms with Gasteiger partial charge in [-0.1, -0.05) is 36.4 Å². The summed E-state index contributed by atoms with van der Waals surface area (Å²) in [7, 11) is 1.61. The highest BCUT2D eigenvalue weighted by Crippen LogP contribution is 2.17. The Balaban J connectivity index is 1.69. The second-order valence-electron chi connectivity index (χ2n) is 6.49. The fourth-order valence-electron chi connectivity index (χ4n) is 2.89. The predicted molar refractivity (Wildman–Crippen MR) is 105 cm³/mol. The van der Waals surface area contributed by atoms with Crippen LogP contribution in [0.5, 0.6) is 0 Å². The summed E-state index contributed by atoms with van der Waals surface area (Å²) in [6.07, 6.45) is 0. The van der Waals surface area contributed by atoms with Crippen LogP contribution in [0.3, 0.4) is 0 Å². The molecule has 0 aliphatic carbocycles. The van der Waals surface area contributed by atoms with Gasteiger partial charge in [-0.3, -0.25) is 9.59 Å². The topological polar surface area (TPSA) is 67.2 Å². The predicted octanol–water partition coefficient (Wildman–Crippen LogP) is 3.09. The van der Waals surface area contributed by atoms with Gasteiger partial charge in [0.15, 0.2) is 0 Å². The summed E-state index contributed by atoms with van der Waals surface area (Å²) < 4.78 is 1.80. The van der Waals surface area contributed by atoms with Crippen LogP contribution in [-0.4, -0.2) is 33.5 Å². The van der Waals surface area contributed by atoms with Gasteiger partial charge in [0.05, 0.1) is 11.4 Å². The molecule has 0 bridgehead atoms. The van der Waals surface area contributed by atoms with Crippen molar-refractivity contribution in [2.45, 2.75) is 20.4 Å². The second-order valence-corrected chi connectivity index (χ2v) is 6.49. The highest BCUT2D eigenvalue weighted by atomic mass is 16.2. The number of nitrogens with one attached hydrogen (secondary N) is 1. The molecule has 0 saturated heterocycles. The third-order valence-corrected chi connectivity index (χ3v) is 4.16. The smallest absolute Gasteiger partial charge is 0.313 e. The van der Waals surface area contributed by atoms with E-state index in [1.54, 1.807) is 23.9 Å². The molecule has 2 amide bonds. The molecule has 1 N–H and O–H groups in total. The average Bonchev–Trinajstić information content (AvgIpc) is 3.00. The first-order chi connectivity index (χ1) is 12.9. The quantitative estimate of drug-likeness (QED) is 0.725. The Morgan fingerprint density at radius 3 is 2.44 bits per heavy atom. The third-order valence-electron chi connectivity index (χ3n) is 4.16. The van der Waals surface area contributed by atoms with Gasteiger partial charge in [-0.25, -0.2) is 4.68 Å². The molecule has 0 fully saturated rings. The summed E-state index contributed by atoms with van der Waals surface area (Å²) in [5, 5.41) is 7.11. The van der Waals surface area contributed by atoms with Crippen LogP contribution in [-0.2, 0) is 16.1 Å². The van der Waals surface area contributed by atoms with E-state index in [0.29, 0.717) is 12.2 Å². The standard InChI is InChI=1S/C21H22N4O2/c1-15-12-16(2)25(23-15)19-11-7-10-18(13-19)22-20(26)21(27)24(3)14-17-8-5-4-6-9-17/h4-13H,14H2,1-3H3,(H,22,26). The van der Waals surface area contributed by atoms with E-state index in [4.69, 9.17) is 0 Å². The van der Waals surface area contributed by atoms with Crippen LogP contribution in [0.25, 0.3) is 5.69 Å². The molecule has 0 saturated carbocycles. The van der Waals surface area contributed by atoms with E-state index in [1.165, 1.54) is 4.90 Å². The van der Waals surface area contributed by atoms with Gasteiger partial charge in [0.1, 0.15) is 0 Å². The number of carbonyl (C=O) groups excluding carboxylic acids is 2. The summed E-state index contributed by atoms with van der Waals surface area (Å²) in [6.45, 7) is 4.27. The van der Waals surface area contributed by atoms with Crippen molar-refractivity contribution in [2.75, 3.05) is 12.4 Å². The van der Waals surface area contributed by atoms with Crippen molar-refractivity contribution in [3.05, 3.63) is 77.6 Å². The summed E-state index contributed by atoms with van der Waals surface area (Å²) in [6, 6.07) is 18.8. The molecule has 0 aliphatic heterocycles. The number of hydrogen-bond donors (Lipinski definition) is 1. The minimum absolute atomic E-state index is 0.374. The molecule has 0 spiro atoms. The molecule has 0 aliphatic rings. The molecule has 6 heteroatoms. The first-order valence-electron chi connectivity index (χ1n) is 8.68. The average molecular weight is 362 g/mol. The van der Waals surface area contributed by atoms with Crippen LogP contribution in [0.2, 0.25) is 0 Å². The lowest BCUT2D eigenvalue weighted by atomic mass is 10.2. The molecule has 3 aromatic rings. The number of likely N-dealkylation sites (N-methyl/N-ethyl adjacent to an activating group) is 1. The Bertz CT molecular complexity index is 963. The Kier molecular flexibility index (Phi) is 5.35. The molecule has 1 aromatic heterocycles. The lowest BCUT2D eigenvalue weighted by molar-refractivity contribution is -0.142. The van der Waals surface area contributed by atoms with E-state index < -0.39 is 11.8 Å². The summed E-state index contributed by atoms with van der Waals surface area (Å²) >= 11 is 0. The van der Waals surface area contributed by atoms with Gasteiger partial charge in [0, 0.05) is 25.0 Å². The highest BCUT2D eigenvalue weighted by molar-refractivity contribution is 6.39. The highest BCUT2D eigenvalue weighted by Gasteiger charge is 2.19. The fourth-order valence-corrected chi connectivity index (χ4v) is 2.89. The van der Waals surface area contributed by atoms with Gasteiger partial charge in [0.25, 0.3) is 0 Å². The van der Waals surface area contributed by atoms with E-state index in [-0.39, 0.29) is 0 Å². The lowest BCUT2D eigenvalue weighted by Gasteiger charge is -2.17. The lowest BCUT2D eigenvalue weighted by Crippen LogP contribution is -2.36. The van der Waals surface area contributed by atoms with E-state index in [1.807, 2.05) is 62.4 Å². The molecule has 0 atom stereocenters. The van der Waals surface area contributed by atoms with E-state index in [0.717, 1.165) is 22.6 Å². The normalized spacial score (nSPS) is 10.5. The van der Waals surface area contributed by atoms with Crippen molar-refractivity contribution in [3.63, 3.8) is 0 Å². The van der Waals surface area contributed by atoms with Crippen LogP contribution >= 0.6 is 0 Å². The number of aromatic nitrogens is 2. The number of carbonyl (C=O) groups is 2. The van der Waals surface area contributed by atoms with Crippen LogP contribution in [0, 0.1) is 13.8 Å². The molecular formula is C21H22N4O2. The maximum Gasteiger partial charge on any atom is 0.313 e. The minimum atomic E-state index is -0.668. The number of nitrogens with zero attached hydrogens (tertiary/aromatic N) is 3. The first kappa shape index (κ1) is 18.4. The maximum atomic E-state index is 12.4. The first-order valence-corrected chi connectivity index (χ1v) is 8.68. The number of hydrogen-bond acceptors (Lipinski definition) is 3. The molecular weight excluding hydrogens is 340 g/mol. The minimum Gasteiger partial charge on any atom is -0.333 e. The SMILES string of the molecule is Cc1cc(C)n(-c2cccc(NC(=O)C(=O)N(C)Cc3ccccc3)c2)n1. The third kappa shape index (κ3) is 4.41. The van der Waals surface area contributed by atoms with E-state index >= 15 is 0 Å². The summed E-state index contributed by atoms with van der Waals surface area (Å²) in [5.41, 5.74) is 4.25. The van der Waals surface area contributed by atoms with Crippen molar-refractivity contribution < 1.29 is 9.59 Å². The largest absolute Gasteiger partial charge is 0.333 e. The van der Waals surface area contributed by atoms with Crippen molar-refractivity contribution >= 4 is 17.5 Å². The summed E-state index contributed by atoms with van der Waals surface area (Å²) in [5.74, 6) is -1.26. The summed E-state index contributed by atoms with van der Waals surface area (Å²) in [4.78, 5) is 26.1. The van der Waals surface area contributed by atoms with Gasteiger partial charge >= 0.3 is 11.8 Å². The van der Waals surface area contributed by atoms with Crippen molar-refractivity contribution in [3.8, 4) is 5.69 Å². The molecule has 6 nitrogen and oxygen atoms in total. The number of benzene rings is 2. The fraction of sp³-hybridized carbons (Fsp3) is 0.190. The van der Waals surface area contributed by atoms with Crippen LogP contribution < -0.4 is 5.32 Å². The maximum absolute atomic E-state index is 12.4. The molecule has 138 valence electrons. The second kappa shape index (κ2) is 7.86. The van der Waals surface area contributed by atoms with Gasteiger partial charge in [-0.15, -0.1) is 0 Å². The zero-order chi connectivity index (χ0) is 19.4. The number of anilines is 1. The van der Waals surface area contributed by atoms with Crippen LogP contribution in [0.4, 0.5) is 5.69 Å². The van der Waals surface area contributed by atoms with Crippen molar-refractivity contribution in [1.29, 1.82) is 0 Å². The number of amides is 2. The zero-order valence-corrected chi connectivity index (χ0v) is 15.6. The Hall–Kier alpha value is -3.41. The van der Waals surface area contributed by atoms with Crippen LogP contribution in [0.1, 0.15) is 17.0 Å². The van der Waals surface area contributed by atoms with Crippen molar-refractivity contribution in [2.24, 2.45) is 0 Å². The van der Waals surface area contributed by atoms with Gasteiger partial charge in [-0.2, -0.15) is 5.10 Å². The number of aryl methyl sites for hydroxylation is 2. The molecule has 1 heterocycles. The number of rotatable bonds is 4. The zero-order valence-electron chi connectivity index (χ0n) is 15.6.